The maximum Gasteiger partial charge on any atom is 0.417 e. The van der Waals surface area contributed by atoms with E-state index in [4.69, 9.17) is 0 Å². The third-order valence-corrected chi connectivity index (χ3v) is 3.60. The van der Waals surface area contributed by atoms with Crippen LogP contribution in [0.1, 0.15) is 35.2 Å². The first-order valence-electron chi connectivity index (χ1n) is 6.66. The summed E-state index contributed by atoms with van der Waals surface area (Å²) in [6.07, 6.45) is -9.11. The first-order valence-corrected chi connectivity index (χ1v) is 6.66. The summed E-state index contributed by atoms with van der Waals surface area (Å²) < 4.78 is 77.7. The standard InChI is InChI=1S/C14H13F6NO/c15-13(16,17)10-6-2-1-5-9(10)12(22)21-8-4-3-7-11(21)14(18,19)20/h1-2,5-6,11H,3-4,7-8H2. The molecule has 1 atom stereocenters. The lowest BCUT2D eigenvalue weighted by Crippen LogP contribution is -2.51. The molecule has 1 saturated heterocycles. The van der Waals surface area contributed by atoms with Gasteiger partial charge in [-0.15, -0.1) is 0 Å². The van der Waals surface area contributed by atoms with E-state index in [1.807, 2.05) is 0 Å². The van der Waals surface area contributed by atoms with Gasteiger partial charge in [-0.25, -0.2) is 0 Å². The molecule has 0 spiro atoms. The number of alkyl halides is 6. The van der Waals surface area contributed by atoms with Crippen LogP contribution in [0.2, 0.25) is 0 Å². The smallest absolute Gasteiger partial charge is 0.327 e. The number of piperidine rings is 1. The molecular formula is C14H13F6NO. The Morgan fingerprint density at radius 3 is 2.27 bits per heavy atom. The molecule has 1 unspecified atom stereocenters. The van der Waals surface area contributed by atoms with Crippen molar-refractivity contribution in [1.82, 2.24) is 4.90 Å². The molecule has 1 fully saturated rings. The molecule has 0 aliphatic carbocycles. The van der Waals surface area contributed by atoms with E-state index in [-0.39, 0.29) is 19.4 Å². The third kappa shape index (κ3) is 3.36. The highest BCUT2D eigenvalue weighted by atomic mass is 19.4. The summed E-state index contributed by atoms with van der Waals surface area (Å²) in [5.41, 5.74) is -1.96. The average Bonchev–Trinajstić information content (AvgIpc) is 2.45. The van der Waals surface area contributed by atoms with Crippen molar-refractivity contribution in [1.29, 1.82) is 0 Å². The lowest BCUT2D eigenvalue weighted by atomic mass is 9.98. The van der Waals surface area contributed by atoms with E-state index >= 15 is 0 Å². The van der Waals surface area contributed by atoms with Crippen LogP contribution in [0.4, 0.5) is 26.3 Å². The molecule has 1 aliphatic rings. The maximum atomic E-state index is 13.0. The Kier molecular flexibility index (Phi) is 4.39. The normalized spacial score (nSPS) is 20.1. The number of halogens is 6. The molecule has 1 aromatic rings. The van der Waals surface area contributed by atoms with Gasteiger partial charge < -0.3 is 4.90 Å². The summed E-state index contributed by atoms with van der Waals surface area (Å²) in [7, 11) is 0. The third-order valence-electron chi connectivity index (χ3n) is 3.60. The molecule has 0 aromatic heterocycles. The highest BCUT2D eigenvalue weighted by Gasteiger charge is 2.47. The van der Waals surface area contributed by atoms with Crippen molar-refractivity contribution in [2.75, 3.05) is 6.54 Å². The number of benzene rings is 1. The quantitative estimate of drug-likeness (QED) is 0.707. The monoisotopic (exact) mass is 325 g/mol. The predicted molar refractivity (Wildman–Crippen MR) is 66.2 cm³/mol. The van der Waals surface area contributed by atoms with Gasteiger partial charge in [0, 0.05) is 6.54 Å². The Morgan fingerprint density at radius 2 is 1.68 bits per heavy atom. The van der Waals surface area contributed by atoms with E-state index in [1.54, 1.807) is 0 Å². The zero-order valence-electron chi connectivity index (χ0n) is 11.3. The Bertz CT molecular complexity index is 551. The van der Waals surface area contributed by atoms with Gasteiger partial charge in [0.25, 0.3) is 5.91 Å². The van der Waals surface area contributed by atoms with Crippen molar-refractivity contribution < 1.29 is 31.1 Å². The zero-order valence-corrected chi connectivity index (χ0v) is 11.3. The van der Waals surface area contributed by atoms with E-state index < -0.39 is 35.4 Å². The summed E-state index contributed by atoms with van der Waals surface area (Å²) in [6, 6.07) is 1.87. The van der Waals surface area contributed by atoms with Crippen molar-refractivity contribution in [2.45, 2.75) is 37.7 Å². The van der Waals surface area contributed by atoms with Gasteiger partial charge in [-0.1, -0.05) is 12.1 Å². The fourth-order valence-corrected chi connectivity index (χ4v) is 2.59. The van der Waals surface area contributed by atoms with Crippen LogP contribution in [0.5, 0.6) is 0 Å². The van der Waals surface area contributed by atoms with Crippen molar-refractivity contribution in [3.05, 3.63) is 35.4 Å². The lowest BCUT2D eigenvalue weighted by molar-refractivity contribution is -0.183. The first kappa shape index (κ1) is 16.6. The van der Waals surface area contributed by atoms with Gasteiger partial charge in [-0.2, -0.15) is 26.3 Å². The van der Waals surface area contributed by atoms with E-state index in [2.05, 4.69) is 0 Å². The Balaban J connectivity index is 2.39. The molecule has 122 valence electrons. The van der Waals surface area contributed by atoms with Crippen LogP contribution in [0, 0.1) is 0 Å². The minimum atomic E-state index is -4.80. The number of carbonyl (C=O) groups excluding carboxylic acids is 1. The minimum absolute atomic E-state index is 0.199. The zero-order chi connectivity index (χ0) is 16.5. The molecule has 8 heteroatoms. The lowest BCUT2D eigenvalue weighted by Gasteiger charge is -2.37. The second-order valence-electron chi connectivity index (χ2n) is 5.10. The second kappa shape index (κ2) is 5.81. The summed E-state index contributed by atoms with van der Waals surface area (Å²) in [6.45, 7) is -0.199. The highest BCUT2D eigenvalue weighted by molar-refractivity contribution is 5.96. The minimum Gasteiger partial charge on any atom is -0.327 e. The Labute approximate surface area is 122 Å². The Morgan fingerprint density at radius 1 is 1.05 bits per heavy atom. The molecule has 1 aromatic carbocycles. The fourth-order valence-electron chi connectivity index (χ4n) is 2.59. The molecule has 0 N–H and O–H groups in total. The molecule has 1 aliphatic heterocycles. The number of hydrogen-bond acceptors (Lipinski definition) is 1. The molecule has 1 heterocycles. The largest absolute Gasteiger partial charge is 0.417 e. The number of hydrogen-bond donors (Lipinski definition) is 0. The number of nitrogens with zero attached hydrogens (tertiary/aromatic N) is 1. The van der Waals surface area contributed by atoms with Crippen LogP contribution in [0.15, 0.2) is 24.3 Å². The number of carbonyl (C=O) groups is 1. The van der Waals surface area contributed by atoms with Crippen molar-refractivity contribution in [3.8, 4) is 0 Å². The first-order chi connectivity index (χ1) is 10.1. The summed E-state index contributed by atoms with van der Waals surface area (Å²) in [5, 5.41) is 0. The number of likely N-dealkylation sites (tertiary alicyclic amines) is 1. The predicted octanol–water partition coefficient (Wildman–Crippen LogP) is 4.26. The van der Waals surface area contributed by atoms with Crippen LogP contribution in [-0.4, -0.2) is 29.6 Å². The van der Waals surface area contributed by atoms with Gasteiger partial charge in [-0.05, 0) is 31.4 Å². The molecule has 0 bridgehead atoms. The van der Waals surface area contributed by atoms with Gasteiger partial charge in [-0.3, -0.25) is 4.79 Å². The molecular weight excluding hydrogens is 312 g/mol. The maximum absolute atomic E-state index is 13.0. The van der Waals surface area contributed by atoms with E-state index in [9.17, 15) is 31.1 Å². The van der Waals surface area contributed by atoms with Crippen molar-refractivity contribution in [3.63, 3.8) is 0 Å². The molecule has 1 amide bonds. The molecule has 0 radical (unpaired) electrons. The summed E-state index contributed by atoms with van der Waals surface area (Å²) in [4.78, 5) is 12.8. The van der Waals surface area contributed by atoms with Crippen molar-refractivity contribution >= 4 is 5.91 Å². The molecule has 0 saturated carbocycles. The van der Waals surface area contributed by atoms with E-state index in [0.29, 0.717) is 17.4 Å². The summed E-state index contributed by atoms with van der Waals surface area (Å²) >= 11 is 0. The van der Waals surface area contributed by atoms with E-state index in [0.717, 1.165) is 12.1 Å². The topological polar surface area (TPSA) is 20.3 Å². The van der Waals surface area contributed by atoms with Gasteiger partial charge in [0.2, 0.25) is 0 Å². The van der Waals surface area contributed by atoms with Crippen LogP contribution < -0.4 is 0 Å². The number of amides is 1. The molecule has 2 rings (SSSR count). The van der Waals surface area contributed by atoms with Gasteiger partial charge in [0.1, 0.15) is 6.04 Å². The average molecular weight is 325 g/mol. The second-order valence-corrected chi connectivity index (χ2v) is 5.10. The van der Waals surface area contributed by atoms with E-state index in [1.165, 1.54) is 6.07 Å². The van der Waals surface area contributed by atoms with Crippen LogP contribution in [0.3, 0.4) is 0 Å². The highest BCUT2D eigenvalue weighted by Crippen LogP contribution is 2.36. The van der Waals surface area contributed by atoms with Crippen molar-refractivity contribution in [2.24, 2.45) is 0 Å². The van der Waals surface area contributed by atoms with Gasteiger partial charge in [0.05, 0.1) is 11.1 Å². The molecule has 2 nitrogen and oxygen atoms in total. The van der Waals surface area contributed by atoms with Gasteiger partial charge >= 0.3 is 12.4 Å². The van der Waals surface area contributed by atoms with Crippen LogP contribution >= 0.6 is 0 Å². The Hall–Kier alpha value is -1.73. The van der Waals surface area contributed by atoms with Gasteiger partial charge in [0.15, 0.2) is 0 Å². The SMILES string of the molecule is O=C(c1ccccc1C(F)(F)F)N1CCCCC1C(F)(F)F. The number of rotatable bonds is 1. The molecule has 22 heavy (non-hydrogen) atoms. The summed E-state index contributed by atoms with van der Waals surface area (Å²) in [5.74, 6) is -1.23. The fraction of sp³-hybridized carbons (Fsp3) is 0.500. The van der Waals surface area contributed by atoms with Crippen LogP contribution in [-0.2, 0) is 6.18 Å². The van der Waals surface area contributed by atoms with Crippen LogP contribution in [0.25, 0.3) is 0 Å².